The number of sulfone groups is 2. The zero-order valence-corrected chi connectivity index (χ0v) is 22.4. The highest BCUT2D eigenvalue weighted by atomic mass is 32.2. The average molecular weight is 559 g/mol. The minimum Gasteiger partial charge on any atom is -0.388 e. The second-order valence-electron chi connectivity index (χ2n) is 8.66. The highest BCUT2D eigenvalue weighted by molar-refractivity contribution is 7.91. The van der Waals surface area contributed by atoms with Crippen LogP contribution in [-0.2, 0) is 37.3 Å². The van der Waals surface area contributed by atoms with Crippen LogP contribution in [0.1, 0.15) is 22.5 Å². The van der Waals surface area contributed by atoms with Crippen molar-refractivity contribution in [3.8, 4) is 0 Å². The number of benzene rings is 2. The van der Waals surface area contributed by atoms with Crippen LogP contribution in [0.5, 0.6) is 0 Å². The summed E-state index contributed by atoms with van der Waals surface area (Å²) >= 11 is 0. The molecule has 0 N–H and O–H groups in total. The lowest BCUT2D eigenvalue weighted by atomic mass is 10.1. The Bertz CT molecular complexity index is 1500. The molecule has 200 valence electrons. The molecule has 0 aliphatic carbocycles. The van der Waals surface area contributed by atoms with E-state index in [2.05, 4.69) is 10.2 Å². The summed E-state index contributed by atoms with van der Waals surface area (Å²) in [5.41, 5.74) is 3.08. The van der Waals surface area contributed by atoms with Crippen LogP contribution in [-0.4, -0.2) is 68.2 Å². The molecule has 2 aromatic heterocycles. The summed E-state index contributed by atoms with van der Waals surface area (Å²) in [6.07, 6.45) is 6.24. The van der Waals surface area contributed by atoms with Gasteiger partial charge in [0.2, 0.25) is 5.78 Å². The highest BCUT2D eigenvalue weighted by Gasteiger charge is 2.13. The zero-order valence-electron chi connectivity index (χ0n) is 20.7. The quantitative estimate of drug-likeness (QED) is 0.251. The Balaban J connectivity index is 1.29. The van der Waals surface area contributed by atoms with Crippen molar-refractivity contribution in [1.29, 1.82) is 0 Å². The number of nitrogens with zero attached hydrogens (tertiary/aromatic N) is 4. The Morgan fingerprint density at radius 3 is 1.37 bits per heavy atom. The molecular weight excluding hydrogens is 532 g/mol. The third-order valence-corrected chi connectivity index (χ3v) is 7.79. The minimum atomic E-state index is -3.27. The van der Waals surface area contributed by atoms with E-state index in [1.54, 1.807) is 73.1 Å². The first-order valence-corrected chi connectivity index (χ1v) is 15.2. The van der Waals surface area contributed by atoms with Crippen LogP contribution in [0.2, 0.25) is 0 Å². The van der Waals surface area contributed by atoms with Crippen LogP contribution in [0, 0.1) is 0 Å². The van der Waals surface area contributed by atoms with E-state index in [1.165, 1.54) is 9.69 Å². The van der Waals surface area contributed by atoms with Crippen LogP contribution >= 0.6 is 0 Å². The van der Waals surface area contributed by atoms with E-state index in [0.717, 1.165) is 23.6 Å². The van der Waals surface area contributed by atoms with Crippen molar-refractivity contribution in [2.45, 2.75) is 22.6 Å². The Hall–Kier alpha value is -3.97. The summed E-state index contributed by atoms with van der Waals surface area (Å²) in [4.78, 5) is 26.4. The number of Topliss-reactive ketones (excluding diaryl/α,β-unsaturated/α-hetero) is 1. The van der Waals surface area contributed by atoms with Crippen molar-refractivity contribution in [3.63, 3.8) is 0 Å². The van der Waals surface area contributed by atoms with Gasteiger partial charge in [-0.15, -0.1) is 19.9 Å². The van der Waals surface area contributed by atoms with Gasteiger partial charge in [0.15, 0.2) is 32.9 Å². The molecule has 0 amide bonds. The molecule has 13 heteroatoms. The summed E-state index contributed by atoms with van der Waals surface area (Å²) < 4.78 is 46.5. The van der Waals surface area contributed by atoms with Gasteiger partial charge in [0, 0.05) is 25.4 Å². The van der Waals surface area contributed by atoms with Gasteiger partial charge in [0.25, 0.3) is 0 Å². The van der Waals surface area contributed by atoms with Crippen molar-refractivity contribution in [1.82, 2.24) is 19.9 Å². The first-order valence-electron chi connectivity index (χ1n) is 11.4. The molecule has 38 heavy (non-hydrogen) atoms. The Morgan fingerprint density at radius 1 is 0.658 bits per heavy atom. The lowest BCUT2D eigenvalue weighted by molar-refractivity contribution is -0.129. The van der Waals surface area contributed by atoms with E-state index in [0.29, 0.717) is 24.2 Å². The zero-order chi connectivity index (χ0) is 27.3. The molecule has 0 aliphatic rings. The van der Waals surface area contributed by atoms with Crippen LogP contribution in [0.4, 0.5) is 0 Å². The molecule has 0 unspecified atom stereocenters. The molecule has 2 heterocycles. The summed E-state index contributed by atoms with van der Waals surface area (Å²) in [5.74, 6) is -0.345. The number of aromatic nitrogens is 4. The largest absolute Gasteiger partial charge is 0.388 e. The SMILES string of the molecule is CS(=O)(=O)c1ccc(Cc2ccnn2OCC(=O)COn2nccc2Cc2ccc(S(C)(=O)=O)cc2)cc1. The predicted octanol–water partition coefficient (Wildman–Crippen LogP) is 1.19. The standard InChI is InChI=1S/C25H26N4O7S2/c1-37(31,32)24-7-3-19(4-8-24)15-21-11-13-26-28(21)35-17-23(30)18-36-29-22(12-14-27-29)16-20-5-9-25(10-6-20)38(2,33)34/h3-14H,15-18H2,1-2H3. The Labute approximate surface area is 220 Å². The number of carbonyl (C=O) groups excluding carboxylic acids is 1. The van der Waals surface area contributed by atoms with Crippen LogP contribution < -0.4 is 9.68 Å². The number of rotatable bonds is 12. The second-order valence-corrected chi connectivity index (χ2v) is 12.7. The smallest absolute Gasteiger partial charge is 0.213 e. The van der Waals surface area contributed by atoms with Crippen molar-refractivity contribution >= 4 is 25.5 Å². The first-order chi connectivity index (χ1) is 18.0. The van der Waals surface area contributed by atoms with Gasteiger partial charge in [-0.3, -0.25) is 4.79 Å². The van der Waals surface area contributed by atoms with E-state index in [4.69, 9.17) is 9.68 Å². The highest BCUT2D eigenvalue weighted by Crippen LogP contribution is 2.15. The maximum absolute atomic E-state index is 12.4. The molecule has 0 atom stereocenters. The van der Waals surface area contributed by atoms with E-state index >= 15 is 0 Å². The summed E-state index contributed by atoms with van der Waals surface area (Å²) in [6.45, 7) is -0.573. The number of ketones is 1. The number of hydrogen-bond donors (Lipinski definition) is 0. The van der Waals surface area contributed by atoms with E-state index in [-0.39, 0.29) is 28.8 Å². The molecule has 0 saturated carbocycles. The second kappa shape index (κ2) is 11.2. The first kappa shape index (κ1) is 27.1. The van der Waals surface area contributed by atoms with Crippen molar-refractivity contribution < 1.29 is 31.3 Å². The van der Waals surface area contributed by atoms with Gasteiger partial charge in [-0.25, -0.2) is 16.8 Å². The Kier molecular flexibility index (Phi) is 7.97. The van der Waals surface area contributed by atoms with Crippen molar-refractivity contribution in [2.75, 3.05) is 25.7 Å². The summed E-state index contributed by atoms with van der Waals surface area (Å²) in [7, 11) is -6.55. The number of hydrogen-bond acceptors (Lipinski definition) is 9. The predicted molar refractivity (Wildman–Crippen MR) is 137 cm³/mol. The van der Waals surface area contributed by atoms with Gasteiger partial charge in [0.05, 0.1) is 33.6 Å². The molecule has 11 nitrogen and oxygen atoms in total. The summed E-state index contributed by atoms with van der Waals surface area (Å²) in [5, 5.41) is 8.17. The van der Waals surface area contributed by atoms with Crippen molar-refractivity contribution in [3.05, 3.63) is 95.6 Å². The maximum atomic E-state index is 12.4. The molecule has 0 aliphatic heterocycles. The topological polar surface area (TPSA) is 139 Å². The third kappa shape index (κ3) is 7.07. The molecular formula is C25H26N4O7S2. The fraction of sp³-hybridized carbons (Fsp3) is 0.240. The molecule has 0 fully saturated rings. The minimum absolute atomic E-state index is 0.238. The van der Waals surface area contributed by atoms with Gasteiger partial charge in [-0.05, 0) is 47.5 Å². The molecule has 4 rings (SSSR count). The van der Waals surface area contributed by atoms with Gasteiger partial charge >= 0.3 is 0 Å². The lowest BCUT2D eigenvalue weighted by Crippen LogP contribution is -2.29. The molecule has 4 aromatic rings. The summed E-state index contributed by atoms with van der Waals surface area (Å²) in [6, 6.07) is 16.5. The third-order valence-electron chi connectivity index (χ3n) is 5.54. The van der Waals surface area contributed by atoms with Gasteiger partial charge in [0.1, 0.15) is 0 Å². The van der Waals surface area contributed by atoms with E-state index in [9.17, 15) is 21.6 Å². The van der Waals surface area contributed by atoms with Gasteiger partial charge in [-0.2, -0.15) is 0 Å². The van der Waals surface area contributed by atoms with Crippen LogP contribution in [0.25, 0.3) is 0 Å². The Morgan fingerprint density at radius 2 is 1.03 bits per heavy atom. The molecule has 0 radical (unpaired) electrons. The molecule has 0 spiro atoms. The van der Waals surface area contributed by atoms with E-state index < -0.39 is 19.7 Å². The van der Waals surface area contributed by atoms with Crippen molar-refractivity contribution in [2.24, 2.45) is 0 Å². The van der Waals surface area contributed by atoms with Gasteiger partial charge in [-0.1, -0.05) is 24.3 Å². The maximum Gasteiger partial charge on any atom is 0.213 e. The normalized spacial score (nSPS) is 11.8. The number of carbonyl (C=O) groups is 1. The van der Waals surface area contributed by atoms with Gasteiger partial charge < -0.3 is 9.68 Å². The van der Waals surface area contributed by atoms with Crippen LogP contribution in [0.15, 0.2) is 82.8 Å². The van der Waals surface area contributed by atoms with E-state index in [1.807, 2.05) is 0 Å². The fourth-order valence-electron chi connectivity index (χ4n) is 3.56. The van der Waals surface area contributed by atoms with Crippen LogP contribution in [0.3, 0.4) is 0 Å². The fourth-order valence-corrected chi connectivity index (χ4v) is 4.82. The monoisotopic (exact) mass is 558 g/mol. The lowest BCUT2D eigenvalue weighted by Gasteiger charge is -2.11. The molecule has 2 aromatic carbocycles. The molecule has 0 saturated heterocycles. The average Bonchev–Trinajstić information content (AvgIpc) is 3.50. The molecule has 0 bridgehead atoms.